The van der Waals surface area contributed by atoms with Gasteiger partial charge in [-0.3, -0.25) is 18.6 Å². The van der Waals surface area contributed by atoms with Crippen molar-refractivity contribution in [2.45, 2.75) is 277 Å². The molecule has 0 aliphatic rings. The summed E-state index contributed by atoms with van der Waals surface area (Å²) in [6.07, 6.45) is 51.6. The number of nitrogens with one attached hydrogen (secondary N) is 1. The summed E-state index contributed by atoms with van der Waals surface area (Å²) in [4.78, 5) is 37.5. The van der Waals surface area contributed by atoms with Gasteiger partial charge in [0.25, 0.3) is 0 Å². The molecule has 384 valence electrons. The summed E-state index contributed by atoms with van der Waals surface area (Å²) in [5.74, 6) is -0.501. The average Bonchev–Trinajstić information content (AvgIpc) is 3.26. The lowest BCUT2D eigenvalue weighted by molar-refractivity contribution is -0.870. The van der Waals surface area contributed by atoms with Gasteiger partial charge in [-0.05, 0) is 57.4 Å². The first kappa shape index (κ1) is 63.5. The first-order valence-corrected chi connectivity index (χ1v) is 29.2. The number of amides is 1. The van der Waals surface area contributed by atoms with Gasteiger partial charge < -0.3 is 19.4 Å². The molecule has 1 amide bonds. The standard InChI is InChI=1S/C55H107N2O7P/c1-7-10-13-16-19-22-25-27-28-30-33-36-39-42-45-48-55(59)64-53(46-43-40-37-34-31-24-21-18-15-12-9-3)52(51-63-65(60,61)62-50-49-57(4,5)6)56-54(58)47-44-41-38-35-32-29-26-23-20-17-14-11-8-2/h22,25,43,46,52-53H,7-21,23-24,26-42,44-45,47-51H2,1-6H3,(H-,56,58,60,61)/p+1/b25-22-,46-43+. The zero-order chi connectivity index (χ0) is 48.0. The molecule has 3 atom stereocenters. The van der Waals surface area contributed by atoms with Crippen molar-refractivity contribution < 1.29 is 37.3 Å². The maximum Gasteiger partial charge on any atom is 0.472 e. The number of unbranched alkanes of at least 4 members (excludes halogenated alkanes) is 32. The van der Waals surface area contributed by atoms with Crippen molar-refractivity contribution in [2.75, 3.05) is 40.9 Å². The highest BCUT2D eigenvalue weighted by Crippen LogP contribution is 2.43. The molecule has 0 aromatic rings. The molecule has 0 heterocycles. The molecule has 0 radical (unpaired) electrons. The zero-order valence-electron chi connectivity index (χ0n) is 43.7. The average molecular weight is 940 g/mol. The third kappa shape index (κ3) is 47.4. The third-order valence-corrected chi connectivity index (χ3v) is 13.4. The van der Waals surface area contributed by atoms with Crippen molar-refractivity contribution in [1.29, 1.82) is 0 Å². The summed E-state index contributed by atoms with van der Waals surface area (Å²) in [5, 5.41) is 3.04. The molecule has 9 nitrogen and oxygen atoms in total. The fourth-order valence-corrected chi connectivity index (χ4v) is 8.79. The Hall–Kier alpha value is -1.51. The Kier molecular flexibility index (Phi) is 45.2. The van der Waals surface area contributed by atoms with Gasteiger partial charge in [-0.25, -0.2) is 4.57 Å². The highest BCUT2D eigenvalue weighted by molar-refractivity contribution is 7.47. The second-order valence-electron chi connectivity index (χ2n) is 20.1. The van der Waals surface area contributed by atoms with E-state index in [-0.39, 0.29) is 25.1 Å². The number of hydrogen-bond acceptors (Lipinski definition) is 6. The minimum Gasteiger partial charge on any atom is -0.456 e. The summed E-state index contributed by atoms with van der Waals surface area (Å²) in [6, 6.07) is -0.842. The van der Waals surface area contributed by atoms with E-state index in [2.05, 4.69) is 38.2 Å². The fraction of sp³-hybridized carbons (Fsp3) is 0.891. The Morgan fingerprint density at radius 2 is 0.892 bits per heavy atom. The maximum atomic E-state index is 13.4. The molecule has 0 spiro atoms. The molecule has 65 heavy (non-hydrogen) atoms. The lowest BCUT2D eigenvalue weighted by atomic mass is 10.0. The Morgan fingerprint density at radius 1 is 0.523 bits per heavy atom. The van der Waals surface area contributed by atoms with Crippen LogP contribution in [0.25, 0.3) is 0 Å². The molecule has 0 saturated carbocycles. The van der Waals surface area contributed by atoms with Crippen molar-refractivity contribution >= 4 is 19.7 Å². The number of likely N-dealkylation sites (N-methyl/N-ethyl adjacent to an activating group) is 1. The summed E-state index contributed by atoms with van der Waals surface area (Å²) in [6.45, 7) is 7.00. The normalized spacial score (nSPS) is 14.0. The van der Waals surface area contributed by atoms with Gasteiger partial charge in [0.05, 0.1) is 33.8 Å². The van der Waals surface area contributed by atoms with E-state index in [0.29, 0.717) is 23.9 Å². The summed E-state index contributed by atoms with van der Waals surface area (Å²) >= 11 is 0. The van der Waals surface area contributed by atoms with Crippen LogP contribution in [0.2, 0.25) is 0 Å². The van der Waals surface area contributed by atoms with Crippen LogP contribution >= 0.6 is 7.82 Å². The Bertz CT molecular complexity index is 1170. The van der Waals surface area contributed by atoms with E-state index in [1.54, 1.807) is 0 Å². The van der Waals surface area contributed by atoms with Crippen LogP contribution in [0, 0.1) is 0 Å². The van der Waals surface area contributed by atoms with E-state index < -0.39 is 20.0 Å². The number of rotatable bonds is 50. The smallest absolute Gasteiger partial charge is 0.456 e. The molecule has 0 aliphatic heterocycles. The van der Waals surface area contributed by atoms with Gasteiger partial charge in [0.2, 0.25) is 5.91 Å². The predicted octanol–water partition coefficient (Wildman–Crippen LogP) is 16.2. The minimum atomic E-state index is -4.43. The van der Waals surface area contributed by atoms with E-state index in [0.717, 1.165) is 57.8 Å². The van der Waals surface area contributed by atoms with Crippen molar-refractivity contribution in [1.82, 2.24) is 5.32 Å². The number of phosphoric acid groups is 1. The largest absolute Gasteiger partial charge is 0.472 e. The molecule has 10 heteroatoms. The number of carbonyl (C=O) groups is 2. The lowest BCUT2D eigenvalue weighted by Crippen LogP contribution is -2.47. The van der Waals surface area contributed by atoms with Crippen LogP contribution in [0.3, 0.4) is 0 Å². The van der Waals surface area contributed by atoms with Gasteiger partial charge in [-0.2, -0.15) is 0 Å². The molecule has 0 rings (SSSR count). The molecule has 2 N–H and O–H groups in total. The first-order valence-electron chi connectivity index (χ1n) is 27.7. The molecule has 0 aromatic carbocycles. The van der Waals surface area contributed by atoms with Gasteiger partial charge in [0, 0.05) is 12.8 Å². The topological polar surface area (TPSA) is 111 Å². The summed E-state index contributed by atoms with van der Waals surface area (Å²) in [5.41, 5.74) is 0. The van der Waals surface area contributed by atoms with Crippen LogP contribution in [0.5, 0.6) is 0 Å². The quantitative estimate of drug-likeness (QED) is 0.0205. The molecule has 0 saturated heterocycles. The first-order chi connectivity index (χ1) is 31.4. The van der Waals surface area contributed by atoms with Crippen LogP contribution in [0.15, 0.2) is 24.3 Å². The number of hydrogen-bond donors (Lipinski definition) is 2. The SMILES string of the molecule is CCCCCC/C=C\CCCCCCCCCC(=O)OC(/C=C/CCCCCCCCCCC)C(COP(=O)(O)OCC[N+](C)(C)C)NC(=O)CCCCCCCCCCCCCCC. The fourth-order valence-electron chi connectivity index (χ4n) is 8.05. The van der Waals surface area contributed by atoms with Gasteiger partial charge in [-0.1, -0.05) is 219 Å². The summed E-state index contributed by atoms with van der Waals surface area (Å²) in [7, 11) is 1.50. The highest BCUT2D eigenvalue weighted by Gasteiger charge is 2.30. The van der Waals surface area contributed by atoms with Crippen molar-refractivity contribution in [3.8, 4) is 0 Å². The van der Waals surface area contributed by atoms with Crippen molar-refractivity contribution in [2.24, 2.45) is 0 Å². The molecular weight excluding hydrogens is 832 g/mol. The third-order valence-electron chi connectivity index (χ3n) is 12.4. The van der Waals surface area contributed by atoms with E-state index in [1.807, 2.05) is 33.3 Å². The van der Waals surface area contributed by atoms with E-state index in [9.17, 15) is 19.0 Å². The Labute approximate surface area is 403 Å². The number of esters is 1. The number of ether oxygens (including phenoxy) is 1. The summed E-state index contributed by atoms with van der Waals surface area (Å²) < 4.78 is 30.5. The second kappa shape index (κ2) is 46.2. The second-order valence-corrected chi connectivity index (χ2v) is 21.6. The van der Waals surface area contributed by atoms with E-state index in [1.165, 1.54) is 173 Å². The Morgan fingerprint density at radius 3 is 1.32 bits per heavy atom. The molecule has 3 unspecified atom stereocenters. The molecule has 0 aliphatic carbocycles. The van der Waals surface area contributed by atoms with Crippen LogP contribution in [0.4, 0.5) is 0 Å². The number of carbonyl (C=O) groups excluding carboxylic acids is 2. The molecular formula is C55H108N2O7P+. The molecule has 0 fully saturated rings. The molecule has 0 bridgehead atoms. The monoisotopic (exact) mass is 940 g/mol. The van der Waals surface area contributed by atoms with Gasteiger partial charge >= 0.3 is 13.8 Å². The van der Waals surface area contributed by atoms with Crippen LogP contribution in [-0.2, 0) is 27.9 Å². The zero-order valence-corrected chi connectivity index (χ0v) is 44.6. The number of phosphoric ester groups is 1. The molecule has 0 aromatic heterocycles. The van der Waals surface area contributed by atoms with Crippen LogP contribution in [0.1, 0.15) is 265 Å². The maximum absolute atomic E-state index is 13.4. The Balaban J connectivity index is 5.35. The van der Waals surface area contributed by atoms with E-state index in [4.69, 9.17) is 13.8 Å². The lowest BCUT2D eigenvalue weighted by Gasteiger charge is -2.27. The van der Waals surface area contributed by atoms with E-state index >= 15 is 0 Å². The predicted molar refractivity (Wildman–Crippen MR) is 277 cm³/mol. The number of allylic oxidation sites excluding steroid dienone is 3. The van der Waals surface area contributed by atoms with Gasteiger partial charge in [-0.15, -0.1) is 0 Å². The van der Waals surface area contributed by atoms with Crippen molar-refractivity contribution in [3.63, 3.8) is 0 Å². The number of nitrogens with zero attached hydrogens (tertiary/aromatic N) is 1. The highest BCUT2D eigenvalue weighted by atomic mass is 31.2. The van der Waals surface area contributed by atoms with Crippen LogP contribution < -0.4 is 5.32 Å². The minimum absolute atomic E-state index is 0.0427. The number of quaternary nitrogens is 1. The van der Waals surface area contributed by atoms with Crippen LogP contribution in [-0.4, -0.2) is 74.3 Å². The van der Waals surface area contributed by atoms with Gasteiger partial charge in [0.1, 0.15) is 19.3 Å². The van der Waals surface area contributed by atoms with Crippen molar-refractivity contribution in [3.05, 3.63) is 24.3 Å². The van der Waals surface area contributed by atoms with Gasteiger partial charge in [0.15, 0.2) is 0 Å².